The maximum Gasteiger partial charge on any atom is 0.303 e. The third-order valence-corrected chi connectivity index (χ3v) is 4.79. The van der Waals surface area contributed by atoms with Gasteiger partial charge in [-0.2, -0.15) is 0 Å². The number of hydrogen-bond acceptors (Lipinski definition) is 5. The first-order valence-electron chi connectivity index (χ1n) is 8.47. The number of ether oxygens (including phenoxy) is 2. The molecule has 2 N–H and O–H groups in total. The molecule has 0 spiro atoms. The van der Waals surface area contributed by atoms with Crippen molar-refractivity contribution in [2.45, 2.75) is 24.2 Å². The number of carbonyl (C=O) groups is 2. The van der Waals surface area contributed by atoms with Crippen molar-refractivity contribution in [2.75, 3.05) is 25.3 Å². The first-order valence-corrected chi connectivity index (χ1v) is 9.46. The Balaban J connectivity index is 1.82. The number of amides is 1. The zero-order valence-corrected chi connectivity index (χ0v) is 16.2. The van der Waals surface area contributed by atoms with E-state index in [1.54, 1.807) is 32.0 Å². The van der Waals surface area contributed by atoms with Gasteiger partial charge in [-0.25, -0.2) is 0 Å². The lowest BCUT2D eigenvalue weighted by molar-refractivity contribution is -0.137. The minimum atomic E-state index is -0.836. The standard InChI is InChI=1S/C20H23NO5S/c1-25-17-8-7-16(13-18(17)26-2)27-11-10-19(22)21-15-5-3-4-14(12-15)6-9-20(23)24/h3-5,7-8,12-13H,6,9-11H2,1-2H3,(H,21,22)(H,23,24). The van der Waals surface area contributed by atoms with Gasteiger partial charge in [-0.15, -0.1) is 11.8 Å². The minimum absolute atomic E-state index is 0.0688. The van der Waals surface area contributed by atoms with E-state index in [-0.39, 0.29) is 12.3 Å². The summed E-state index contributed by atoms with van der Waals surface area (Å²) in [6, 6.07) is 12.9. The fraction of sp³-hybridized carbons (Fsp3) is 0.300. The van der Waals surface area contributed by atoms with E-state index in [4.69, 9.17) is 14.6 Å². The fourth-order valence-corrected chi connectivity index (χ4v) is 3.33. The number of carboxylic acid groups (broad SMARTS) is 1. The molecule has 0 bridgehead atoms. The van der Waals surface area contributed by atoms with Crippen molar-refractivity contribution in [3.05, 3.63) is 48.0 Å². The van der Waals surface area contributed by atoms with Gasteiger partial charge in [-0.05, 0) is 42.3 Å². The van der Waals surface area contributed by atoms with Crippen molar-refractivity contribution in [1.29, 1.82) is 0 Å². The lowest BCUT2D eigenvalue weighted by atomic mass is 10.1. The molecule has 0 radical (unpaired) electrons. The fourth-order valence-electron chi connectivity index (χ4n) is 2.45. The average molecular weight is 389 g/mol. The van der Waals surface area contributed by atoms with Gasteiger partial charge in [-0.1, -0.05) is 12.1 Å². The maximum atomic E-state index is 12.1. The number of hydrogen-bond donors (Lipinski definition) is 2. The summed E-state index contributed by atoms with van der Waals surface area (Å²) in [7, 11) is 3.18. The van der Waals surface area contributed by atoms with Crippen LogP contribution in [0.1, 0.15) is 18.4 Å². The van der Waals surface area contributed by atoms with Gasteiger partial charge in [0, 0.05) is 29.2 Å². The number of thioether (sulfide) groups is 1. The van der Waals surface area contributed by atoms with E-state index in [2.05, 4.69) is 5.32 Å². The van der Waals surface area contributed by atoms with Crippen LogP contribution in [0.3, 0.4) is 0 Å². The summed E-state index contributed by atoms with van der Waals surface area (Å²) in [5, 5.41) is 11.6. The van der Waals surface area contributed by atoms with Crippen molar-refractivity contribution < 1.29 is 24.2 Å². The number of anilines is 1. The van der Waals surface area contributed by atoms with Crippen molar-refractivity contribution in [1.82, 2.24) is 0 Å². The Morgan fingerprint density at radius 2 is 1.81 bits per heavy atom. The van der Waals surface area contributed by atoms with Gasteiger partial charge in [0.2, 0.25) is 5.91 Å². The molecule has 0 fully saturated rings. The molecule has 0 aromatic heterocycles. The molecule has 0 atom stereocenters. The SMILES string of the molecule is COc1ccc(SCCC(=O)Nc2cccc(CCC(=O)O)c2)cc1OC. The molecular weight excluding hydrogens is 366 g/mol. The van der Waals surface area contributed by atoms with Gasteiger partial charge in [0.1, 0.15) is 0 Å². The molecule has 0 aliphatic heterocycles. The lowest BCUT2D eigenvalue weighted by Gasteiger charge is -2.10. The Kier molecular flexibility index (Phi) is 8.00. The van der Waals surface area contributed by atoms with Gasteiger partial charge in [0.15, 0.2) is 11.5 Å². The van der Waals surface area contributed by atoms with Crippen LogP contribution in [0.5, 0.6) is 11.5 Å². The number of carboxylic acids is 1. The first-order chi connectivity index (χ1) is 13.0. The molecule has 2 aromatic rings. The van der Waals surface area contributed by atoms with Crippen LogP contribution in [0.4, 0.5) is 5.69 Å². The summed E-state index contributed by atoms with van der Waals surface area (Å²) in [4.78, 5) is 23.8. The number of nitrogens with one attached hydrogen (secondary N) is 1. The third kappa shape index (κ3) is 6.86. The second-order valence-corrected chi connectivity index (χ2v) is 6.93. The second-order valence-electron chi connectivity index (χ2n) is 5.76. The van der Waals surface area contributed by atoms with E-state index in [0.29, 0.717) is 35.8 Å². The van der Waals surface area contributed by atoms with Gasteiger partial charge in [0.25, 0.3) is 0 Å². The van der Waals surface area contributed by atoms with E-state index < -0.39 is 5.97 Å². The number of methoxy groups -OCH3 is 2. The zero-order chi connectivity index (χ0) is 19.6. The quantitative estimate of drug-likeness (QED) is 0.601. The molecule has 6 nitrogen and oxygen atoms in total. The number of benzene rings is 2. The highest BCUT2D eigenvalue weighted by Crippen LogP contribution is 2.32. The molecule has 1 amide bonds. The van der Waals surface area contributed by atoms with Gasteiger partial charge in [0.05, 0.1) is 14.2 Å². The normalized spacial score (nSPS) is 10.3. The largest absolute Gasteiger partial charge is 0.493 e. The Morgan fingerprint density at radius 3 is 2.52 bits per heavy atom. The predicted molar refractivity (Wildman–Crippen MR) is 106 cm³/mol. The summed E-state index contributed by atoms with van der Waals surface area (Å²) >= 11 is 1.56. The Labute approximate surface area is 162 Å². The van der Waals surface area contributed by atoms with Crippen LogP contribution >= 0.6 is 11.8 Å². The molecule has 7 heteroatoms. The molecule has 27 heavy (non-hydrogen) atoms. The minimum Gasteiger partial charge on any atom is -0.493 e. The molecule has 0 unspecified atom stereocenters. The highest BCUT2D eigenvalue weighted by molar-refractivity contribution is 7.99. The number of rotatable bonds is 10. The molecule has 0 heterocycles. The van der Waals surface area contributed by atoms with Crippen molar-refractivity contribution in [3.63, 3.8) is 0 Å². The second kappa shape index (κ2) is 10.5. The Morgan fingerprint density at radius 1 is 1.04 bits per heavy atom. The molecule has 0 aliphatic carbocycles. The number of carbonyl (C=O) groups excluding carboxylic acids is 1. The van der Waals surface area contributed by atoms with Crippen molar-refractivity contribution >= 4 is 29.3 Å². The van der Waals surface area contributed by atoms with Crippen LogP contribution in [-0.4, -0.2) is 37.0 Å². The van der Waals surface area contributed by atoms with Crippen molar-refractivity contribution in [2.24, 2.45) is 0 Å². The molecule has 144 valence electrons. The molecule has 2 rings (SSSR count). The van der Waals surface area contributed by atoms with E-state index >= 15 is 0 Å². The van der Waals surface area contributed by atoms with Gasteiger partial charge >= 0.3 is 5.97 Å². The van der Waals surface area contributed by atoms with Crippen LogP contribution in [0.2, 0.25) is 0 Å². The van der Waals surface area contributed by atoms with E-state index in [9.17, 15) is 9.59 Å². The van der Waals surface area contributed by atoms with Crippen molar-refractivity contribution in [3.8, 4) is 11.5 Å². The smallest absolute Gasteiger partial charge is 0.303 e. The molecule has 0 aliphatic rings. The molecule has 0 saturated carbocycles. The Bertz CT molecular complexity index is 794. The highest BCUT2D eigenvalue weighted by Gasteiger charge is 2.07. The maximum absolute atomic E-state index is 12.1. The number of aliphatic carboxylic acids is 1. The summed E-state index contributed by atoms with van der Waals surface area (Å²) in [5.74, 6) is 1.03. The summed E-state index contributed by atoms with van der Waals surface area (Å²) in [6.07, 6.45) is 0.867. The molecule has 2 aromatic carbocycles. The van der Waals surface area contributed by atoms with E-state index in [1.165, 1.54) is 0 Å². The predicted octanol–water partition coefficient (Wildman–Crippen LogP) is 3.84. The van der Waals surface area contributed by atoms with Crippen LogP contribution < -0.4 is 14.8 Å². The third-order valence-electron chi connectivity index (χ3n) is 3.79. The van der Waals surface area contributed by atoms with Crippen LogP contribution in [0.25, 0.3) is 0 Å². The van der Waals surface area contributed by atoms with E-state index in [1.807, 2.05) is 36.4 Å². The first kappa shape index (κ1) is 20.6. The summed E-state index contributed by atoms with van der Waals surface area (Å²) < 4.78 is 10.5. The van der Waals surface area contributed by atoms with Crippen LogP contribution in [0.15, 0.2) is 47.4 Å². The van der Waals surface area contributed by atoms with Crippen LogP contribution in [-0.2, 0) is 16.0 Å². The van der Waals surface area contributed by atoms with Crippen LogP contribution in [0, 0.1) is 0 Å². The van der Waals surface area contributed by atoms with E-state index in [0.717, 1.165) is 10.5 Å². The average Bonchev–Trinajstić information content (AvgIpc) is 2.66. The zero-order valence-electron chi connectivity index (χ0n) is 15.4. The lowest BCUT2D eigenvalue weighted by Crippen LogP contribution is -2.12. The molecular formula is C20H23NO5S. The highest BCUT2D eigenvalue weighted by atomic mass is 32.2. The Hall–Kier alpha value is -2.67. The summed E-state index contributed by atoms with van der Waals surface area (Å²) in [6.45, 7) is 0. The summed E-state index contributed by atoms with van der Waals surface area (Å²) in [5.41, 5.74) is 1.56. The van der Waals surface area contributed by atoms with Gasteiger partial charge in [-0.3, -0.25) is 9.59 Å². The monoisotopic (exact) mass is 389 g/mol. The number of aryl methyl sites for hydroxylation is 1. The topological polar surface area (TPSA) is 84.9 Å². The van der Waals surface area contributed by atoms with Gasteiger partial charge < -0.3 is 19.9 Å². The molecule has 0 saturated heterocycles.